The van der Waals surface area contributed by atoms with Crippen molar-refractivity contribution in [2.45, 2.75) is 26.7 Å². The molecular formula is C15H24ClNO3. The molecule has 0 saturated carbocycles. The van der Waals surface area contributed by atoms with Crippen molar-refractivity contribution >= 4 is 18.4 Å². The van der Waals surface area contributed by atoms with Crippen LogP contribution >= 0.6 is 12.4 Å². The maximum atomic E-state index is 10.5. The minimum atomic E-state index is -0.812. The van der Waals surface area contributed by atoms with Crippen molar-refractivity contribution in [1.29, 1.82) is 0 Å². The van der Waals surface area contributed by atoms with E-state index in [2.05, 4.69) is 18.7 Å². The van der Waals surface area contributed by atoms with Crippen LogP contribution in [-0.2, 0) is 11.2 Å². The normalized spacial score (nSPS) is 10.2. The van der Waals surface area contributed by atoms with E-state index in [0.717, 1.165) is 37.4 Å². The molecule has 0 unspecified atom stereocenters. The molecule has 1 N–H and O–H groups in total. The third-order valence-electron chi connectivity index (χ3n) is 3.06. The van der Waals surface area contributed by atoms with Crippen molar-refractivity contribution in [3.63, 3.8) is 0 Å². The summed E-state index contributed by atoms with van der Waals surface area (Å²) in [5, 5.41) is 8.67. The maximum absolute atomic E-state index is 10.5. The zero-order valence-electron chi connectivity index (χ0n) is 12.2. The van der Waals surface area contributed by atoms with Crippen molar-refractivity contribution in [1.82, 2.24) is 4.90 Å². The molecule has 0 atom stereocenters. The fraction of sp³-hybridized carbons (Fsp3) is 0.533. The molecule has 0 heterocycles. The number of rotatable bonds is 9. The Labute approximate surface area is 127 Å². The van der Waals surface area contributed by atoms with Gasteiger partial charge in [-0.05, 0) is 37.2 Å². The van der Waals surface area contributed by atoms with Crippen molar-refractivity contribution in [2.75, 3.05) is 26.2 Å². The van der Waals surface area contributed by atoms with E-state index in [9.17, 15) is 4.79 Å². The molecule has 114 valence electrons. The molecule has 0 aliphatic heterocycles. The van der Waals surface area contributed by atoms with Gasteiger partial charge in [0.05, 0.1) is 13.0 Å². The number of halogens is 1. The van der Waals surface area contributed by atoms with E-state index in [0.29, 0.717) is 6.61 Å². The summed E-state index contributed by atoms with van der Waals surface area (Å²) in [6, 6.07) is 7.26. The smallest absolute Gasteiger partial charge is 0.307 e. The molecule has 0 bridgehead atoms. The lowest BCUT2D eigenvalue weighted by Gasteiger charge is -2.17. The number of hydrogen-bond acceptors (Lipinski definition) is 3. The molecule has 4 nitrogen and oxygen atoms in total. The van der Waals surface area contributed by atoms with Crippen LogP contribution in [0.2, 0.25) is 0 Å². The molecule has 5 heteroatoms. The van der Waals surface area contributed by atoms with Gasteiger partial charge in [0, 0.05) is 6.54 Å². The Balaban J connectivity index is 0.00000361. The molecule has 0 fully saturated rings. The number of carboxylic acids is 1. The second-order valence-electron chi connectivity index (χ2n) is 4.44. The van der Waals surface area contributed by atoms with Gasteiger partial charge in [0.1, 0.15) is 5.75 Å². The quantitative estimate of drug-likeness (QED) is 0.713. The van der Waals surface area contributed by atoms with Crippen LogP contribution < -0.4 is 4.74 Å². The number of benzene rings is 1. The van der Waals surface area contributed by atoms with Crippen LogP contribution in [0.5, 0.6) is 5.75 Å². The number of carboxylic acid groups (broad SMARTS) is 1. The summed E-state index contributed by atoms with van der Waals surface area (Å²) in [5.74, 6) is -0.0124. The minimum absolute atomic E-state index is 0. The van der Waals surface area contributed by atoms with E-state index in [1.165, 1.54) is 0 Å². The number of carbonyl (C=O) groups is 1. The van der Waals surface area contributed by atoms with E-state index in [-0.39, 0.29) is 18.8 Å². The van der Waals surface area contributed by atoms with Gasteiger partial charge < -0.3 is 14.7 Å². The van der Waals surface area contributed by atoms with Gasteiger partial charge in [-0.25, -0.2) is 0 Å². The molecule has 1 aromatic carbocycles. The van der Waals surface area contributed by atoms with E-state index in [4.69, 9.17) is 9.84 Å². The summed E-state index contributed by atoms with van der Waals surface area (Å²) in [7, 11) is 0. The van der Waals surface area contributed by atoms with Crippen LogP contribution in [0.4, 0.5) is 0 Å². The number of aliphatic carboxylic acids is 1. The van der Waals surface area contributed by atoms with E-state index >= 15 is 0 Å². The SMILES string of the molecule is CCN(CC)CCCOc1ccc(CC(=O)O)cc1.Cl. The summed E-state index contributed by atoms with van der Waals surface area (Å²) in [5.41, 5.74) is 0.794. The second kappa shape index (κ2) is 10.5. The van der Waals surface area contributed by atoms with Crippen molar-refractivity contribution in [3.05, 3.63) is 29.8 Å². The van der Waals surface area contributed by atoms with Gasteiger partial charge in [-0.15, -0.1) is 12.4 Å². The molecule has 0 aliphatic carbocycles. The first-order chi connectivity index (χ1) is 9.15. The fourth-order valence-corrected chi connectivity index (χ4v) is 1.90. The lowest BCUT2D eigenvalue weighted by Crippen LogP contribution is -2.25. The van der Waals surface area contributed by atoms with Crippen LogP contribution in [0.1, 0.15) is 25.8 Å². The largest absolute Gasteiger partial charge is 0.494 e. The molecule has 0 saturated heterocycles. The molecule has 0 radical (unpaired) electrons. The number of ether oxygens (including phenoxy) is 1. The lowest BCUT2D eigenvalue weighted by molar-refractivity contribution is -0.136. The van der Waals surface area contributed by atoms with Gasteiger partial charge in [0.2, 0.25) is 0 Å². The van der Waals surface area contributed by atoms with Crippen LogP contribution in [-0.4, -0.2) is 42.2 Å². The van der Waals surface area contributed by atoms with Gasteiger partial charge >= 0.3 is 5.97 Å². The average molecular weight is 302 g/mol. The van der Waals surface area contributed by atoms with E-state index < -0.39 is 5.97 Å². The summed E-state index contributed by atoms with van der Waals surface area (Å²) >= 11 is 0. The Morgan fingerprint density at radius 1 is 1.20 bits per heavy atom. The standard InChI is InChI=1S/C15H23NO3.ClH/c1-3-16(4-2)10-5-11-19-14-8-6-13(7-9-14)12-15(17)18;/h6-9H,3-5,10-12H2,1-2H3,(H,17,18);1H. The third kappa shape index (κ3) is 7.36. The zero-order valence-corrected chi connectivity index (χ0v) is 13.0. The highest BCUT2D eigenvalue weighted by Gasteiger charge is 2.01. The van der Waals surface area contributed by atoms with Gasteiger partial charge in [-0.1, -0.05) is 26.0 Å². The monoisotopic (exact) mass is 301 g/mol. The summed E-state index contributed by atoms with van der Waals surface area (Å²) in [4.78, 5) is 12.9. The molecule has 1 rings (SSSR count). The average Bonchev–Trinajstić information content (AvgIpc) is 2.40. The first-order valence-electron chi connectivity index (χ1n) is 6.81. The Morgan fingerprint density at radius 2 is 1.80 bits per heavy atom. The molecule has 0 amide bonds. The number of hydrogen-bond donors (Lipinski definition) is 1. The first-order valence-corrected chi connectivity index (χ1v) is 6.81. The van der Waals surface area contributed by atoms with Crippen molar-refractivity contribution in [3.8, 4) is 5.75 Å². The summed E-state index contributed by atoms with van der Waals surface area (Å²) in [6.07, 6.45) is 1.06. The third-order valence-corrected chi connectivity index (χ3v) is 3.06. The topological polar surface area (TPSA) is 49.8 Å². The second-order valence-corrected chi connectivity index (χ2v) is 4.44. The Morgan fingerprint density at radius 3 is 2.30 bits per heavy atom. The van der Waals surface area contributed by atoms with E-state index in [1.807, 2.05) is 12.1 Å². The predicted octanol–water partition coefficient (Wildman–Crippen LogP) is 2.85. The minimum Gasteiger partial charge on any atom is -0.494 e. The van der Waals surface area contributed by atoms with Gasteiger partial charge in [0.25, 0.3) is 0 Å². The molecule has 0 spiro atoms. The highest BCUT2D eigenvalue weighted by Crippen LogP contribution is 2.13. The summed E-state index contributed by atoms with van der Waals surface area (Å²) < 4.78 is 5.63. The van der Waals surface area contributed by atoms with Crippen LogP contribution in [0.25, 0.3) is 0 Å². The highest BCUT2D eigenvalue weighted by molar-refractivity contribution is 5.85. The maximum Gasteiger partial charge on any atom is 0.307 e. The van der Waals surface area contributed by atoms with Gasteiger partial charge in [-0.3, -0.25) is 4.79 Å². The molecule has 0 aliphatic rings. The van der Waals surface area contributed by atoms with Gasteiger partial charge in [0.15, 0.2) is 0 Å². The fourth-order valence-electron chi connectivity index (χ4n) is 1.90. The highest BCUT2D eigenvalue weighted by atomic mass is 35.5. The molecule has 20 heavy (non-hydrogen) atoms. The van der Waals surface area contributed by atoms with Crippen molar-refractivity contribution in [2.24, 2.45) is 0 Å². The predicted molar refractivity (Wildman–Crippen MR) is 82.9 cm³/mol. The molecular weight excluding hydrogens is 278 g/mol. The van der Waals surface area contributed by atoms with E-state index in [1.54, 1.807) is 12.1 Å². The zero-order chi connectivity index (χ0) is 14.1. The summed E-state index contributed by atoms with van der Waals surface area (Å²) in [6.45, 7) is 8.19. The van der Waals surface area contributed by atoms with Gasteiger partial charge in [-0.2, -0.15) is 0 Å². The van der Waals surface area contributed by atoms with Crippen molar-refractivity contribution < 1.29 is 14.6 Å². The molecule has 0 aromatic heterocycles. The Hall–Kier alpha value is -1.26. The first kappa shape index (κ1) is 18.7. The Bertz CT molecular complexity index is 377. The van der Waals surface area contributed by atoms with Crippen LogP contribution in [0, 0.1) is 0 Å². The van der Waals surface area contributed by atoms with Crippen LogP contribution in [0.3, 0.4) is 0 Å². The lowest BCUT2D eigenvalue weighted by atomic mass is 10.1. The number of nitrogens with zero attached hydrogens (tertiary/aromatic N) is 1. The Kier molecular flexibility index (Phi) is 9.86. The van der Waals surface area contributed by atoms with Crippen LogP contribution in [0.15, 0.2) is 24.3 Å². The molecule has 1 aromatic rings.